The van der Waals surface area contributed by atoms with E-state index in [1.807, 2.05) is 0 Å². The molecule has 2 heterocycles. The van der Waals surface area contributed by atoms with Crippen LogP contribution in [-0.4, -0.2) is 37.0 Å². The molecule has 140 valence electrons. The molecule has 6 heteroatoms. The standard InChI is InChI=1S/C20H25ClN2O2S/c1-15-8-10-23(11-9-15)18(19-3-2-12-26-19)13-22-20(24)14-25-17-6-4-16(21)5-7-17/h2-7,12,15,18H,8-11,13-14H2,1H3,(H,22,24)/t18-/m0/s1. The monoisotopic (exact) mass is 392 g/mol. The van der Waals surface area contributed by atoms with E-state index in [9.17, 15) is 4.79 Å². The summed E-state index contributed by atoms with van der Waals surface area (Å²) in [5.41, 5.74) is 0. The first-order valence-electron chi connectivity index (χ1n) is 9.04. The maximum absolute atomic E-state index is 12.2. The average molecular weight is 393 g/mol. The van der Waals surface area contributed by atoms with Crippen molar-refractivity contribution in [2.45, 2.75) is 25.8 Å². The molecule has 0 radical (unpaired) electrons. The smallest absolute Gasteiger partial charge is 0.258 e. The molecule has 1 N–H and O–H groups in total. The predicted molar refractivity (Wildman–Crippen MR) is 107 cm³/mol. The Bertz CT molecular complexity index is 682. The van der Waals surface area contributed by atoms with Crippen molar-refractivity contribution in [3.05, 3.63) is 51.7 Å². The Labute approximate surface area is 164 Å². The first-order chi connectivity index (χ1) is 12.6. The minimum absolute atomic E-state index is 0.00975. The van der Waals surface area contributed by atoms with E-state index in [0.717, 1.165) is 19.0 Å². The van der Waals surface area contributed by atoms with Crippen LogP contribution in [0.4, 0.5) is 0 Å². The molecule has 2 aromatic rings. The fraction of sp³-hybridized carbons (Fsp3) is 0.450. The van der Waals surface area contributed by atoms with Gasteiger partial charge < -0.3 is 10.1 Å². The Kier molecular flexibility index (Phi) is 6.94. The van der Waals surface area contributed by atoms with E-state index in [2.05, 4.69) is 34.7 Å². The summed E-state index contributed by atoms with van der Waals surface area (Å²) in [6, 6.07) is 11.5. The number of carbonyl (C=O) groups excluding carboxylic acids is 1. The molecule has 3 rings (SSSR count). The molecule has 1 aromatic heterocycles. The second-order valence-electron chi connectivity index (χ2n) is 6.80. The summed E-state index contributed by atoms with van der Waals surface area (Å²) < 4.78 is 5.52. The van der Waals surface area contributed by atoms with Gasteiger partial charge in [0.1, 0.15) is 5.75 Å². The third kappa shape index (κ3) is 5.47. The van der Waals surface area contributed by atoms with Crippen LogP contribution >= 0.6 is 22.9 Å². The molecule has 26 heavy (non-hydrogen) atoms. The highest BCUT2D eigenvalue weighted by Crippen LogP contribution is 2.29. The predicted octanol–water partition coefficient (Wildman–Crippen LogP) is 4.37. The van der Waals surface area contributed by atoms with Crippen LogP contribution in [0.25, 0.3) is 0 Å². The van der Waals surface area contributed by atoms with Gasteiger partial charge in [-0.15, -0.1) is 11.3 Å². The van der Waals surface area contributed by atoms with Crippen LogP contribution in [0.3, 0.4) is 0 Å². The summed E-state index contributed by atoms with van der Waals surface area (Å²) in [4.78, 5) is 16.0. The highest BCUT2D eigenvalue weighted by atomic mass is 35.5. The van der Waals surface area contributed by atoms with Crippen LogP contribution < -0.4 is 10.1 Å². The number of thiophene rings is 1. The molecule has 1 amide bonds. The van der Waals surface area contributed by atoms with Gasteiger partial charge in [0, 0.05) is 16.4 Å². The van der Waals surface area contributed by atoms with Crippen LogP contribution in [0.1, 0.15) is 30.7 Å². The van der Waals surface area contributed by atoms with Crippen molar-refractivity contribution in [3.8, 4) is 5.75 Å². The first-order valence-corrected chi connectivity index (χ1v) is 10.3. The molecule has 0 unspecified atom stereocenters. The number of benzene rings is 1. The minimum atomic E-state index is -0.105. The van der Waals surface area contributed by atoms with E-state index in [0.29, 0.717) is 17.3 Å². The van der Waals surface area contributed by atoms with Crippen molar-refractivity contribution >= 4 is 28.8 Å². The SMILES string of the molecule is CC1CCN([C@@H](CNC(=O)COc2ccc(Cl)cc2)c2cccs2)CC1. The summed E-state index contributed by atoms with van der Waals surface area (Å²) >= 11 is 7.60. The molecule has 1 saturated heterocycles. The number of amides is 1. The Morgan fingerprint density at radius 2 is 2.04 bits per heavy atom. The molecule has 0 bridgehead atoms. The fourth-order valence-corrected chi connectivity index (χ4v) is 4.16. The van der Waals surface area contributed by atoms with Crippen molar-refractivity contribution < 1.29 is 9.53 Å². The van der Waals surface area contributed by atoms with Crippen molar-refractivity contribution in [2.24, 2.45) is 5.92 Å². The van der Waals surface area contributed by atoms with Crippen LogP contribution in [0.2, 0.25) is 5.02 Å². The van der Waals surface area contributed by atoms with Gasteiger partial charge in [-0.05, 0) is 67.6 Å². The highest BCUT2D eigenvalue weighted by Gasteiger charge is 2.25. The number of hydrogen-bond acceptors (Lipinski definition) is 4. The molecule has 1 fully saturated rings. The minimum Gasteiger partial charge on any atom is -0.484 e. The summed E-state index contributed by atoms with van der Waals surface area (Å²) in [5, 5.41) is 5.78. The maximum atomic E-state index is 12.2. The van der Waals surface area contributed by atoms with Crippen molar-refractivity contribution in [2.75, 3.05) is 26.2 Å². The number of halogens is 1. The lowest BCUT2D eigenvalue weighted by Gasteiger charge is -2.36. The van der Waals surface area contributed by atoms with Crippen LogP contribution in [0.5, 0.6) is 5.75 Å². The molecule has 1 aliphatic rings. The normalized spacial score (nSPS) is 17.0. The molecule has 1 aromatic carbocycles. The fourth-order valence-electron chi connectivity index (χ4n) is 3.17. The molecule has 1 atom stereocenters. The van der Waals surface area contributed by atoms with Gasteiger partial charge in [-0.1, -0.05) is 24.6 Å². The van der Waals surface area contributed by atoms with Gasteiger partial charge >= 0.3 is 0 Å². The first kappa shape index (κ1) is 19.2. The van der Waals surface area contributed by atoms with Gasteiger partial charge in [0.15, 0.2) is 6.61 Å². The van der Waals surface area contributed by atoms with E-state index >= 15 is 0 Å². The molecule has 4 nitrogen and oxygen atoms in total. The van der Waals surface area contributed by atoms with Gasteiger partial charge in [0.05, 0.1) is 6.04 Å². The average Bonchev–Trinajstić information content (AvgIpc) is 3.17. The van der Waals surface area contributed by atoms with Crippen molar-refractivity contribution in [1.82, 2.24) is 10.2 Å². The van der Waals surface area contributed by atoms with E-state index in [4.69, 9.17) is 16.3 Å². The van der Waals surface area contributed by atoms with E-state index in [1.165, 1.54) is 17.7 Å². The third-order valence-electron chi connectivity index (χ3n) is 4.81. The van der Waals surface area contributed by atoms with Gasteiger partial charge in [0.2, 0.25) is 0 Å². The second-order valence-corrected chi connectivity index (χ2v) is 8.21. The molecule has 1 aliphatic heterocycles. The van der Waals surface area contributed by atoms with Crippen molar-refractivity contribution in [1.29, 1.82) is 0 Å². The molecule has 0 spiro atoms. The number of nitrogens with zero attached hydrogens (tertiary/aromatic N) is 1. The number of ether oxygens (including phenoxy) is 1. The molecule has 0 saturated carbocycles. The van der Waals surface area contributed by atoms with Gasteiger partial charge in [-0.3, -0.25) is 9.69 Å². The van der Waals surface area contributed by atoms with Crippen molar-refractivity contribution in [3.63, 3.8) is 0 Å². The van der Waals surface area contributed by atoms with Gasteiger partial charge in [-0.2, -0.15) is 0 Å². The summed E-state index contributed by atoms with van der Waals surface area (Å²) in [5.74, 6) is 1.33. The Hall–Kier alpha value is -1.56. The largest absolute Gasteiger partial charge is 0.484 e. The van der Waals surface area contributed by atoms with Crippen LogP contribution in [-0.2, 0) is 4.79 Å². The zero-order chi connectivity index (χ0) is 18.4. The zero-order valence-electron chi connectivity index (χ0n) is 15.0. The van der Waals surface area contributed by atoms with Gasteiger partial charge in [-0.25, -0.2) is 0 Å². The molecular formula is C20H25ClN2O2S. The quantitative estimate of drug-likeness (QED) is 0.760. The highest BCUT2D eigenvalue weighted by molar-refractivity contribution is 7.10. The maximum Gasteiger partial charge on any atom is 0.258 e. The summed E-state index contributed by atoms with van der Waals surface area (Å²) in [6.45, 7) is 5.10. The lowest BCUT2D eigenvalue weighted by Crippen LogP contribution is -2.42. The van der Waals surface area contributed by atoms with E-state index in [-0.39, 0.29) is 18.6 Å². The number of hydrogen-bond donors (Lipinski definition) is 1. The number of likely N-dealkylation sites (tertiary alicyclic amines) is 1. The number of nitrogens with one attached hydrogen (secondary N) is 1. The number of rotatable bonds is 7. The lowest BCUT2D eigenvalue weighted by molar-refractivity contribution is -0.123. The summed E-state index contributed by atoms with van der Waals surface area (Å²) in [6.07, 6.45) is 2.44. The van der Waals surface area contributed by atoms with E-state index in [1.54, 1.807) is 35.6 Å². The van der Waals surface area contributed by atoms with Crippen LogP contribution in [0.15, 0.2) is 41.8 Å². The molecular weight excluding hydrogens is 368 g/mol. The molecule has 0 aliphatic carbocycles. The third-order valence-corrected chi connectivity index (χ3v) is 6.03. The lowest BCUT2D eigenvalue weighted by atomic mass is 9.97. The van der Waals surface area contributed by atoms with Crippen LogP contribution in [0, 0.1) is 5.92 Å². The Morgan fingerprint density at radius 1 is 1.31 bits per heavy atom. The second kappa shape index (κ2) is 9.40. The Morgan fingerprint density at radius 3 is 2.69 bits per heavy atom. The van der Waals surface area contributed by atoms with E-state index < -0.39 is 0 Å². The number of carbonyl (C=O) groups is 1. The number of piperidine rings is 1. The topological polar surface area (TPSA) is 41.6 Å². The zero-order valence-corrected chi connectivity index (χ0v) is 16.6. The summed E-state index contributed by atoms with van der Waals surface area (Å²) in [7, 11) is 0. The Balaban J connectivity index is 1.52. The van der Waals surface area contributed by atoms with Gasteiger partial charge in [0.25, 0.3) is 5.91 Å².